The highest BCUT2D eigenvalue weighted by atomic mass is 17.3. The number of aliphatic carboxylic acids is 1. The Bertz CT molecular complexity index is 556. The number of benzene rings is 1. The van der Waals surface area contributed by atoms with Crippen molar-refractivity contribution in [1.82, 2.24) is 0 Å². The maximum absolute atomic E-state index is 12.6. The second kappa shape index (κ2) is 5.72. The molecule has 0 spiro atoms. The Kier molecular flexibility index (Phi) is 4.17. The van der Waals surface area contributed by atoms with E-state index in [1.54, 1.807) is 19.1 Å². The van der Waals surface area contributed by atoms with Gasteiger partial charge < -0.3 is 5.11 Å². The molecule has 0 aliphatic heterocycles. The second-order valence-corrected chi connectivity index (χ2v) is 4.79. The van der Waals surface area contributed by atoms with Gasteiger partial charge in [0.25, 0.3) is 0 Å². The van der Waals surface area contributed by atoms with Crippen molar-refractivity contribution in [2.75, 3.05) is 0 Å². The fraction of sp³-hybridized carbons (Fsp3) is 0.357. The fourth-order valence-electron chi connectivity index (χ4n) is 2.70. The van der Waals surface area contributed by atoms with E-state index in [9.17, 15) is 19.5 Å². The highest BCUT2D eigenvalue weighted by Crippen LogP contribution is 2.42. The number of hydrogen-bond donors (Lipinski definition) is 2. The van der Waals surface area contributed by atoms with Gasteiger partial charge in [0, 0.05) is 11.1 Å². The maximum atomic E-state index is 12.6. The number of rotatable bonds is 6. The van der Waals surface area contributed by atoms with Crippen LogP contribution in [0.25, 0.3) is 0 Å². The monoisotopic (exact) mass is 293 g/mol. The van der Waals surface area contributed by atoms with Gasteiger partial charge in [-0.15, -0.1) is 4.99 Å². The zero-order valence-electron chi connectivity index (χ0n) is 11.4. The lowest BCUT2D eigenvalue weighted by molar-refractivity contribution is -0.339. The first kappa shape index (κ1) is 15.3. The van der Waals surface area contributed by atoms with Crippen LogP contribution in [0, 0.1) is 5.41 Å². The van der Waals surface area contributed by atoms with Crippen LogP contribution in [-0.2, 0) is 14.7 Å². The van der Waals surface area contributed by atoms with Crippen molar-refractivity contribution in [1.29, 1.82) is 0 Å². The van der Waals surface area contributed by atoms with Gasteiger partial charge >= 0.3 is 5.97 Å². The Morgan fingerprint density at radius 2 is 1.81 bits per heavy atom. The van der Waals surface area contributed by atoms with Crippen LogP contribution < -0.4 is 5.90 Å². The number of ketones is 2. The molecule has 0 saturated heterocycles. The molecule has 0 radical (unpaired) electrons. The van der Waals surface area contributed by atoms with Crippen molar-refractivity contribution in [3.8, 4) is 0 Å². The lowest BCUT2D eigenvalue weighted by atomic mass is 9.75. The largest absolute Gasteiger partial charge is 0.480 e. The third kappa shape index (κ3) is 2.06. The minimum atomic E-state index is -2.35. The normalized spacial score (nSPS) is 17.6. The van der Waals surface area contributed by atoms with Gasteiger partial charge in [0.05, 0.1) is 0 Å². The summed E-state index contributed by atoms with van der Waals surface area (Å²) in [6, 6.07) is 5.98. The lowest BCUT2D eigenvalue weighted by Crippen LogP contribution is -2.52. The van der Waals surface area contributed by atoms with Gasteiger partial charge in [-0.05, 0) is 6.42 Å². The molecule has 0 saturated carbocycles. The number of fused-ring (bicyclic) bond motifs is 1. The van der Waals surface area contributed by atoms with Crippen LogP contribution >= 0.6 is 0 Å². The van der Waals surface area contributed by atoms with Gasteiger partial charge in [0.2, 0.25) is 5.41 Å². The molecule has 112 valence electrons. The minimum absolute atomic E-state index is 0.0756. The van der Waals surface area contributed by atoms with Gasteiger partial charge in [-0.1, -0.05) is 37.6 Å². The van der Waals surface area contributed by atoms with Gasteiger partial charge in [-0.3, -0.25) is 14.4 Å². The molecule has 1 unspecified atom stereocenters. The molecule has 3 N–H and O–H groups in total. The van der Waals surface area contributed by atoms with E-state index in [4.69, 9.17) is 10.8 Å². The number of carboxylic acids is 1. The van der Waals surface area contributed by atoms with Gasteiger partial charge in [0.15, 0.2) is 11.6 Å². The topological polar surface area (TPSA) is 116 Å². The van der Waals surface area contributed by atoms with E-state index < -0.39 is 29.1 Å². The summed E-state index contributed by atoms with van der Waals surface area (Å²) >= 11 is 0. The molecule has 21 heavy (non-hydrogen) atoms. The molecule has 7 nitrogen and oxygen atoms in total. The summed E-state index contributed by atoms with van der Waals surface area (Å²) in [5, 5.41) is 9.58. The number of carboxylic acid groups (broad SMARTS) is 1. The predicted molar refractivity (Wildman–Crippen MR) is 70.2 cm³/mol. The number of hydrogen-bond acceptors (Lipinski definition) is 6. The Morgan fingerprint density at radius 1 is 1.29 bits per heavy atom. The first-order valence-electron chi connectivity index (χ1n) is 6.46. The minimum Gasteiger partial charge on any atom is -0.480 e. The summed E-state index contributed by atoms with van der Waals surface area (Å²) < 4.78 is 0. The molecule has 0 heterocycles. The van der Waals surface area contributed by atoms with E-state index in [1.807, 2.05) is 0 Å². The summed E-state index contributed by atoms with van der Waals surface area (Å²) in [6.45, 7) is 1.76. The zero-order valence-corrected chi connectivity index (χ0v) is 11.4. The molecule has 0 bridgehead atoms. The summed E-state index contributed by atoms with van der Waals surface area (Å²) in [7, 11) is 0. The van der Waals surface area contributed by atoms with Gasteiger partial charge in [-0.25, -0.2) is 4.89 Å². The maximum Gasteiger partial charge on any atom is 0.328 e. The van der Waals surface area contributed by atoms with Crippen LogP contribution in [0.15, 0.2) is 24.3 Å². The van der Waals surface area contributed by atoms with Crippen LogP contribution in [0.3, 0.4) is 0 Å². The molecule has 1 aliphatic carbocycles. The number of Topliss-reactive ketones (excluding diaryl/α,β-unsaturated/α-hetero) is 2. The average Bonchev–Trinajstić information content (AvgIpc) is 2.69. The summed E-state index contributed by atoms with van der Waals surface area (Å²) in [5.74, 6) is 1.68. The van der Waals surface area contributed by atoms with Crippen LogP contribution in [0.5, 0.6) is 0 Å². The first-order valence-corrected chi connectivity index (χ1v) is 6.46. The summed E-state index contributed by atoms with van der Waals surface area (Å²) in [5.41, 5.74) is -2.20. The van der Waals surface area contributed by atoms with E-state index >= 15 is 0 Å². The Balaban J connectivity index is 2.62. The molecular weight excluding hydrogens is 278 g/mol. The van der Waals surface area contributed by atoms with Crippen molar-refractivity contribution in [2.24, 2.45) is 11.3 Å². The third-order valence-electron chi connectivity index (χ3n) is 3.68. The molecule has 1 aromatic carbocycles. The van der Waals surface area contributed by atoms with E-state index in [-0.39, 0.29) is 17.5 Å². The molecule has 7 heteroatoms. The zero-order chi connectivity index (χ0) is 15.6. The highest BCUT2D eigenvalue weighted by molar-refractivity contribution is 6.38. The third-order valence-corrected chi connectivity index (χ3v) is 3.68. The molecule has 1 atom stereocenters. The van der Waals surface area contributed by atoms with Crippen molar-refractivity contribution >= 4 is 17.5 Å². The Labute approximate surface area is 120 Å². The smallest absolute Gasteiger partial charge is 0.328 e. The van der Waals surface area contributed by atoms with Crippen molar-refractivity contribution in [2.45, 2.75) is 25.9 Å². The SMILES string of the molecule is CCCC(OON)C1(C(=O)O)C(=O)c2ccccc2C1=O. The molecular formula is C14H15NO6. The Hall–Kier alpha value is -2.09. The summed E-state index contributed by atoms with van der Waals surface area (Å²) in [6.07, 6.45) is -0.674. The number of carbonyl (C=O) groups excluding carboxylic acids is 2. The second-order valence-electron chi connectivity index (χ2n) is 4.79. The quantitative estimate of drug-likeness (QED) is 0.458. The molecule has 2 rings (SSSR count). The average molecular weight is 293 g/mol. The number of nitrogens with two attached hydrogens (primary N) is 1. The van der Waals surface area contributed by atoms with E-state index in [2.05, 4.69) is 4.99 Å². The standard InChI is InChI=1S/C14H15NO6/c1-2-5-10(20-21-15)14(13(18)19)11(16)8-6-3-4-7-9(8)12(14)17/h3-4,6-7,10H,2,5,15H2,1H3,(H,18,19). The fourth-order valence-corrected chi connectivity index (χ4v) is 2.70. The van der Waals surface area contributed by atoms with Crippen LogP contribution in [0.4, 0.5) is 0 Å². The summed E-state index contributed by atoms with van der Waals surface area (Å²) in [4.78, 5) is 45.8. The van der Waals surface area contributed by atoms with Crippen LogP contribution in [0.2, 0.25) is 0 Å². The van der Waals surface area contributed by atoms with Gasteiger partial charge in [-0.2, -0.15) is 5.90 Å². The molecule has 0 amide bonds. The highest BCUT2D eigenvalue weighted by Gasteiger charge is 2.64. The van der Waals surface area contributed by atoms with E-state index in [1.165, 1.54) is 12.1 Å². The predicted octanol–water partition coefficient (Wildman–Crippen LogP) is 1.13. The Morgan fingerprint density at radius 3 is 2.19 bits per heavy atom. The van der Waals surface area contributed by atoms with E-state index in [0.717, 1.165) is 0 Å². The van der Waals surface area contributed by atoms with Crippen molar-refractivity contribution in [3.05, 3.63) is 35.4 Å². The number of carbonyl (C=O) groups is 3. The molecule has 1 aromatic rings. The molecule has 0 fully saturated rings. The van der Waals surface area contributed by atoms with Crippen molar-refractivity contribution < 1.29 is 29.4 Å². The molecule has 1 aliphatic rings. The lowest BCUT2D eigenvalue weighted by Gasteiger charge is -2.28. The first-order chi connectivity index (χ1) is 10.0. The van der Waals surface area contributed by atoms with Crippen LogP contribution in [-0.4, -0.2) is 28.7 Å². The molecule has 0 aromatic heterocycles. The van der Waals surface area contributed by atoms with E-state index in [0.29, 0.717) is 6.42 Å². The van der Waals surface area contributed by atoms with Gasteiger partial charge in [0.1, 0.15) is 6.10 Å². The van der Waals surface area contributed by atoms with Crippen LogP contribution in [0.1, 0.15) is 40.5 Å². The van der Waals surface area contributed by atoms with Crippen molar-refractivity contribution in [3.63, 3.8) is 0 Å².